The van der Waals surface area contributed by atoms with Gasteiger partial charge in [-0.25, -0.2) is 4.98 Å². The highest BCUT2D eigenvalue weighted by molar-refractivity contribution is 5.77. The number of nitrogens with one attached hydrogen (secondary N) is 1. The molecule has 20 heavy (non-hydrogen) atoms. The van der Waals surface area contributed by atoms with Crippen LogP contribution in [0.25, 0.3) is 0 Å². The molecule has 5 heteroatoms. The van der Waals surface area contributed by atoms with Crippen LogP contribution in [0.1, 0.15) is 45.2 Å². The van der Waals surface area contributed by atoms with Crippen LogP contribution in [-0.4, -0.2) is 45.1 Å². The fraction of sp³-hybridized carbons (Fsp3) is 0.733. The molecule has 1 aromatic heterocycles. The van der Waals surface area contributed by atoms with Gasteiger partial charge in [0.1, 0.15) is 0 Å². The third-order valence-electron chi connectivity index (χ3n) is 4.32. The summed E-state index contributed by atoms with van der Waals surface area (Å²) in [4.78, 5) is 21.7. The average molecular weight is 277 g/mol. The second kappa shape index (κ2) is 5.20. The average Bonchev–Trinajstić information content (AvgIpc) is 3.04. The molecule has 2 atom stereocenters. The molecule has 1 saturated heterocycles. The van der Waals surface area contributed by atoms with Crippen molar-refractivity contribution in [3.8, 4) is 0 Å². The molecule has 0 radical (unpaired) electrons. The summed E-state index contributed by atoms with van der Waals surface area (Å²) in [5, 5.41) is 0. The Morgan fingerprint density at radius 1 is 1.55 bits per heavy atom. The number of imidazole rings is 1. The van der Waals surface area contributed by atoms with Crippen molar-refractivity contribution in [3.63, 3.8) is 0 Å². The zero-order valence-corrected chi connectivity index (χ0v) is 12.3. The van der Waals surface area contributed by atoms with E-state index in [4.69, 9.17) is 4.74 Å². The van der Waals surface area contributed by atoms with Crippen molar-refractivity contribution in [3.05, 3.63) is 18.2 Å². The van der Waals surface area contributed by atoms with Crippen LogP contribution in [0.2, 0.25) is 0 Å². The highest BCUT2D eigenvalue weighted by Gasteiger charge is 2.44. The minimum atomic E-state index is -0.227. The number of nitrogens with zero attached hydrogens (tertiary/aromatic N) is 2. The molecule has 0 spiro atoms. The number of ether oxygens (including phenoxy) is 1. The van der Waals surface area contributed by atoms with Crippen molar-refractivity contribution in [2.45, 2.75) is 63.7 Å². The number of hydrogen-bond donors (Lipinski definition) is 1. The lowest BCUT2D eigenvalue weighted by Crippen LogP contribution is -2.58. The van der Waals surface area contributed by atoms with Crippen LogP contribution in [0, 0.1) is 0 Å². The second-order valence-electron chi connectivity index (χ2n) is 6.51. The largest absolute Gasteiger partial charge is 0.368 e. The van der Waals surface area contributed by atoms with E-state index in [9.17, 15) is 4.79 Å². The van der Waals surface area contributed by atoms with E-state index in [1.807, 2.05) is 0 Å². The molecule has 1 aromatic rings. The van der Waals surface area contributed by atoms with Crippen LogP contribution < -0.4 is 0 Å². The number of morpholine rings is 1. The van der Waals surface area contributed by atoms with E-state index in [0.29, 0.717) is 13.0 Å². The number of rotatable bonds is 3. The van der Waals surface area contributed by atoms with Crippen LogP contribution in [0.5, 0.6) is 0 Å². The van der Waals surface area contributed by atoms with Crippen LogP contribution >= 0.6 is 0 Å². The molecule has 1 N–H and O–H groups in total. The Labute approximate surface area is 119 Å². The number of aromatic nitrogens is 2. The predicted molar refractivity (Wildman–Crippen MR) is 75.2 cm³/mol. The Morgan fingerprint density at radius 2 is 2.40 bits per heavy atom. The minimum absolute atomic E-state index is 0.227. The normalized spacial score (nSPS) is 28.4. The van der Waals surface area contributed by atoms with Crippen molar-refractivity contribution >= 4 is 5.91 Å². The molecule has 3 rings (SSSR count). The lowest BCUT2D eigenvalue weighted by molar-refractivity contribution is -0.172. The third-order valence-corrected chi connectivity index (χ3v) is 4.32. The maximum Gasteiger partial charge on any atom is 0.223 e. The minimum Gasteiger partial charge on any atom is -0.368 e. The molecule has 110 valence electrons. The van der Waals surface area contributed by atoms with E-state index in [0.717, 1.165) is 31.4 Å². The van der Waals surface area contributed by atoms with Gasteiger partial charge < -0.3 is 14.6 Å². The molecule has 0 bridgehead atoms. The summed E-state index contributed by atoms with van der Waals surface area (Å²) in [5.74, 6) is 0.243. The summed E-state index contributed by atoms with van der Waals surface area (Å²) in [7, 11) is 0. The molecular weight excluding hydrogens is 254 g/mol. The number of amides is 1. The predicted octanol–water partition coefficient (Wildman–Crippen LogP) is 1.90. The third kappa shape index (κ3) is 2.73. The van der Waals surface area contributed by atoms with Crippen molar-refractivity contribution < 1.29 is 9.53 Å². The SMILES string of the molecule is CC1(C)CN(C(=O)CCc2cnc[nH]2)[C@@H]2CCC[C@H]2O1. The Kier molecular flexibility index (Phi) is 3.54. The Morgan fingerprint density at radius 3 is 3.15 bits per heavy atom. The summed E-state index contributed by atoms with van der Waals surface area (Å²) in [6.07, 6.45) is 8.27. The topological polar surface area (TPSA) is 58.2 Å². The van der Waals surface area contributed by atoms with Crippen molar-refractivity contribution in [2.24, 2.45) is 0 Å². The van der Waals surface area contributed by atoms with Gasteiger partial charge >= 0.3 is 0 Å². The Hall–Kier alpha value is -1.36. The molecule has 1 aliphatic carbocycles. The summed E-state index contributed by atoms with van der Waals surface area (Å²) in [5.41, 5.74) is 0.795. The molecule has 1 saturated carbocycles. The zero-order valence-electron chi connectivity index (χ0n) is 12.3. The fourth-order valence-corrected chi connectivity index (χ4v) is 3.45. The van der Waals surface area contributed by atoms with Gasteiger partial charge in [-0.2, -0.15) is 0 Å². The quantitative estimate of drug-likeness (QED) is 0.918. The molecule has 0 aromatic carbocycles. The Balaban J connectivity index is 1.65. The van der Waals surface area contributed by atoms with Gasteiger partial charge in [-0.15, -0.1) is 0 Å². The zero-order chi connectivity index (χ0) is 14.2. The van der Waals surface area contributed by atoms with Crippen LogP contribution in [-0.2, 0) is 16.0 Å². The van der Waals surface area contributed by atoms with Crippen LogP contribution in [0.15, 0.2) is 12.5 Å². The van der Waals surface area contributed by atoms with Gasteiger partial charge in [0.15, 0.2) is 0 Å². The molecular formula is C15H23N3O2. The standard InChI is InChI=1S/C15H23N3O2/c1-15(2)9-18(12-4-3-5-13(12)20-15)14(19)7-6-11-8-16-10-17-11/h8,10,12-13H,3-7,9H2,1-2H3,(H,16,17)/t12-,13-/m1/s1. The molecule has 1 amide bonds. The smallest absolute Gasteiger partial charge is 0.223 e. The van der Waals surface area contributed by atoms with Gasteiger partial charge in [0.25, 0.3) is 0 Å². The maximum atomic E-state index is 12.6. The van der Waals surface area contributed by atoms with Crippen LogP contribution in [0.3, 0.4) is 0 Å². The number of carbonyl (C=O) groups is 1. The highest BCUT2D eigenvalue weighted by Crippen LogP contribution is 2.35. The summed E-state index contributed by atoms with van der Waals surface area (Å²) >= 11 is 0. The number of carbonyl (C=O) groups excluding carboxylic acids is 1. The van der Waals surface area contributed by atoms with Crippen molar-refractivity contribution in [1.29, 1.82) is 0 Å². The lowest BCUT2D eigenvalue weighted by Gasteiger charge is -2.46. The molecule has 0 unspecified atom stereocenters. The van der Waals surface area contributed by atoms with E-state index >= 15 is 0 Å². The summed E-state index contributed by atoms with van der Waals surface area (Å²) in [6, 6.07) is 0.289. The van der Waals surface area contributed by atoms with E-state index in [1.54, 1.807) is 12.5 Å². The highest BCUT2D eigenvalue weighted by atomic mass is 16.5. The number of hydrogen-bond acceptors (Lipinski definition) is 3. The first-order valence-electron chi connectivity index (χ1n) is 7.50. The Bertz CT molecular complexity index is 469. The molecule has 2 heterocycles. The second-order valence-corrected chi connectivity index (χ2v) is 6.51. The molecule has 2 aliphatic rings. The number of H-pyrrole nitrogens is 1. The number of aryl methyl sites for hydroxylation is 1. The number of aromatic amines is 1. The molecule has 1 aliphatic heterocycles. The summed E-state index contributed by atoms with van der Waals surface area (Å²) in [6.45, 7) is 4.86. The first-order valence-corrected chi connectivity index (χ1v) is 7.50. The van der Waals surface area contributed by atoms with Gasteiger partial charge in [-0.05, 0) is 39.5 Å². The van der Waals surface area contributed by atoms with E-state index in [1.165, 1.54) is 0 Å². The monoisotopic (exact) mass is 277 g/mol. The van der Waals surface area contributed by atoms with Gasteiger partial charge in [0.2, 0.25) is 5.91 Å². The fourth-order valence-electron chi connectivity index (χ4n) is 3.45. The lowest BCUT2D eigenvalue weighted by atomic mass is 10.00. The van der Waals surface area contributed by atoms with Gasteiger partial charge in [-0.1, -0.05) is 0 Å². The first-order chi connectivity index (χ1) is 9.55. The first kappa shape index (κ1) is 13.6. The molecule has 5 nitrogen and oxygen atoms in total. The van der Waals surface area contributed by atoms with E-state index in [2.05, 4.69) is 28.7 Å². The van der Waals surface area contributed by atoms with E-state index in [-0.39, 0.29) is 23.7 Å². The van der Waals surface area contributed by atoms with Gasteiger partial charge in [0.05, 0.1) is 24.1 Å². The molecule has 2 fully saturated rings. The maximum absolute atomic E-state index is 12.6. The van der Waals surface area contributed by atoms with E-state index < -0.39 is 0 Å². The van der Waals surface area contributed by atoms with Crippen LogP contribution in [0.4, 0.5) is 0 Å². The van der Waals surface area contributed by atoms with Gasteiger partial charge in [-0.3, -0.25) is 4.79 Å². The summed E-state index contributed by atoms with van der Waals surface area (Å²) < 4.78 is 6.12. The van der Waals surface area contributed by atoms with Crippen molar-refractivity contribution in [1.82, 2.24) is 14.9 Å². The van der Waals surface area contributed by atoms with Gasteiger partial charge in [0, 0.05) is 24.9 Å². The van der Waals surface area contributed by atoms with Crippen molar-refractivity contribution in [2.75, 3.05) is 6.54 Å². The number of fused-ring (bicyclic) bond motifs is 1.